The molecule has 33 heavy (non-hydrogen) atoms. The predicted octanol–water partition coefficient (Wildman–Crippen LogP) is 4.54. The number of benzene rings is 2. The van der Waals surface area contributed by atoms with Crippen LogP contribution in [0.5, 0.6) is 0 Å². The monoisotopic (exact) mass is 453 g/mol. The minimum atomic E-state index is -4.67. The fourth-order valence-corrected chi connectivity index (χ4v) is 4.20. The Labute approximate surface area is 186 Å². The Morgan fingerprint density at radius 3 is 2.55 bits per heavy atom. The number of hydrogen-bond donors (Lipinski definition) is 1. The summed E-state index contributed by atoms with van der Waals surface area (Å²) in [5.74, 6) is -2.14. The van der Waals surface area contributed by atoms with Crippen LogP contribution >= 0.6 is 0 Å². The minimum absolute atomic E-state index is 0.130. The van der Waals surface area contributed by atoms with Crippen molar-refractivity contribution in [3.8, 4) is 6.07 Å². The van der Waals surface area contributed by atoms with Crippen molar-refractivity contribution in [1.82, 2.24) is 4.57 Å². The molecule has 3 aromatic rings. The van der Waals surface area contributed by atoms with E-state index < -0.39 is 29.7 Å². The van der Waals surface area contributed by atoms with Crippen LogP contribution in [0, 0.1) is 11.3 Å². The van der Waals surface area contributed by atoms with Crippen LogP contribution in [-0.4, -0.2) is 33.8 Å². The molecule has 1 atom stereocenters. The highest BCUT2D eigenvalue weighted by Gasteiger charge is 2.48. The molecule has 0 fully saturated rings. The Kier molecular flexibility index (Phi) is 5.68. The number of rotatable bonds is 4. The van der Waals surface area contributed by atoms with Gasteiger partial charge in [0.05, 0.1) is 0 Å². The minimum Gasteiger partial charge on any atom is -0.480 e. The molecule has 1 unspecified atom stereocenters. The summed E-state index contributed by atoms with van der Waals surface area (Å²) in [5.41, 5.74) is 1.18. The van der Waals surface area contributed by atoms with E-state index in [-0.39, 0.29) is 25.1 Å². The Morgan fingerprint density at radius 2 is 1.85 bits per heavy atom. The van der Waals surface area contributed by atoms with Gasteiger partial charge in [0.2, 0.25) is 0 Å². The highest BCUT2D eigenvalue weighted by Crippen LogP contribution is 2.39. The van der Waals surface area contributed by atoms with Crippen molar-refractivity contribution in [3.63, 3.8) is 0 Å². The van der Waals surface area contributed by atoms with Crippen LogP contribution in [-0.2, 0) is 22.6 Å². The van der Waals surface area contributed by atoms with Gasteiger partial charge in [0.15, 0.2) is 0 Å². The van der Waals surface area contributed by atoms with Gasteiger partial charge in [-0.25, -0.2) is 0 Å². The molecule has 0 aliphatic carbocycles. The Bertz CT molecular complexity index is 1320. The van der Waals surface area contributed by atoms with Gasteiger partial charge in [-0.15, -0.1) is 0 Å². The molecule has 1 aliphatic heterocycles. The van der Waals surface area contributed by atoms with Gasteiger partial charge in [-0.2, -0.15) is 18.4 Å². The number of nitriles is 1. The van der Waals surface area contributed by atoms with Crippen molar-refractivity contribution in [2.75, 3.05) is 4.90 Å². The fourth-order valence-electron chi connectivity index (χ4n) is 4.20. The van der Waals surface area contributed by atoms with Crippen LogP contribution in [0.4, 0.5) is 18.9 Å². The van der Waals surface area contributed by atoms with Crippen molar-refractivity contribution in [2.24, 2.45) is 0 Å². The lowest BCUT2D eigenvalue weighted by Crippen LogP contribution is -2.52. The summed E-state index contributed by atoms with van der Waals surface area (Å²) in [6, 6.07) is 12.8. The van der Waals surface area contributed by atoms with Crippen molar-refractivity contribution in [1.29, 1.82) is 5.26 Å². The number of fused-ring (bicyclic) bond motifs is 2. The molecule has 0 bridgehead atoms. The zero-order chi connectivity index (χ0) is 23.8. The molecular formula is C24H18F3N3O3. The van der Waals surface area contributed by atoms with E-state index in [0.29, 0.717) is 26.9 Å². The molecule has 1 aliphatic rings. The summed E-state index contributed by atoms with van der Waals surface area (Å²) in [4.78, 5) is 25.2. The standard InChI is InChI=1S/C24H18F3N3O3/c25-24(26,27)21-10-9-15-5-1-3-7-19(15)30(21)23(33)16(12-28)11-17-13-29(14-22(31)32)20-8-4-2-6-18(17)20/h1-8,11,13,21H,9-10,14H2,(H,31,32)/b16-11+. The van der Waals surface area contributed by atoms with E-state index in [1.54, 1.807) is 48.5 Å². The molecule has 168 valence electrons. The van der Waals surface area contributed by atoms with Crippen LogP contribution < -0.4 is 4.90 Å². The van der Waals surface area contributed by atoms with E-state index in [0.717, 1.165) is 0 Å². The quantitative estimate of drug-likeness (QED) is 0.464. The lowest BCUT2D eigenvalue weighted by Gasteiger charge is -2.38. The van der Waals surface area contributed by atoms with E-state index >= 15 is 0 Å². The molecule has 1 amide bonds. The SMILES string of the molecule is N#C/C(=C\c1cn(CC(=O)O)c2ccccc12)C(=O)N1c2ccccc2CCC1C(F)(F)F. The molecule has 0 radical (unpaired) electrons. The lowest BCUT2D eigenvalue weighted by molar-refractivity contribution is -0.155. The normalized spacial score (nSPS) is 16.4. The number of nitrogens with zero attached hydrogens (tertiary/aromatic N) is 3. The van der Waals surface area contributed by atoms with E-state index in [2.05, 4.69) is 0 Å². The van der Waals surface area contributed by atoms with Crippen molar-refractivity contribution in [2.45, 2.75) is 31.6 Å². The van der Waals surface area contributed by atoms with E-state index in [1.165, 1.54) is 22.9 Å². The zero-order valence-corrected chi connectivity index (χ0v) is 17.2. The van der Waals surface area contributed by atoms with Crippen LogP contribution in [0.2, 0.25) is 0 Å². The number of anilines is 1. The topological polar surface area (TPSA) is 86.3 Å². The number of alkyl halides is 3. The molecule has 0 saturated carbocycles. The first-order valence-electron chi connectivity index (χ1n) is 10.1. The molecule has 4 rings (SSSR count). The third-order valence-electron chi connectivity index (χ3n) is 5.62. The summed E-state index contributed by atoms with van der Waals surface area (Å²) in [7, 11) is 0. The number of aliphatic carboxylic acids is 1. The van der Waals surface area contributed by atoms with Crippen LogP contribution in [0.15, 0.2) is 60.3 Å². The number of para-hydroxylation sites is 2. The van der Waals surface area contributed by atoms with Crippen LogP contribution in [0.1, 0.15) is 17.5 Å². The maximum atomic E-state index is 13.8. The highest BCUT2D eigenvalue weighted by atomic mass is 19.4. The first-order chi connectivity index (χ1) is 15.7. The van der Waals surface area contributed by atoms with Gasteiger partial charge in [-0.1, -0.05) is 36.4 Å². The van der Waals surface area contributed by atoms with Crippen molar-refractivity contribution < 1.29 is 27.9 Å². The number of hydrogen-bond acceptors (Lipinski definition) is 3. The molecule has 0 spiro atoms. The largest absolute Gasteiger partial charge is 0.480 e. The number of amides is 1. The molecule has 1 N–H and O–H groups in total. The first-order valence-corrected chi connectivity index (χ1v) is 10.1. The zero-order valence-electron chi connectivity index (χ0n) is 17.2. The van der Waals surface area contributed by atoms with Crippen LogP contribution in [0.3, 0.4) is 0 Å². The number of carboxylic acid groups (broad SMARTS) is 1. The van der Waals surface area contributed by atoms with E-state index in [4.69, 9.17) is 5.11 Å². The first kappa shape index (κ1) is 22.1. The number of carbonyl (C=O) groups is 2. The molecular weight excluding hydrogens is 435 g/mol. The third kappa shape index (κ3) is 4.20. The summed E-state index contributed by atoms with van der Waals surface area (Å²) in [5, 5.41) is 19.4. The molecule has 2 aromatic carbocycles. The predicted molar refractivity (Wildman–Crippen MR) is 115 cm³/mol. The highest BCUT2D eigenvalue weighted by molar-refractivity contribution is 6.13. The fraction of sp³-hybridized carbons (Fsp3) is 0.208. The number of carbonyl (C=O) groups excluding carboxylic acids is 1. The summed E-state index contributed by atoms with van der Waals surface area (Å²) < 4.78 is 42.9. The number of aryl methyl sites for hydroxylation is 1. The van der Waals surface area contributed by atoms with Crippen molar-refractivity contribution >= 4 is 34.5 Å². The second kappa shape index (κ2) is 8.47. The van der Waals surface area contributed by atoms with E-state index in [1.807, 2.05) is 0 Å². The van der Waals surface area contributed by atoms with Gasteiger partial charge in [0, 0.05) is 28.4 Å². The second-order valence-corrected chi connectivity index (χ2v) is 7.69. The van der Waals surface area contributed by atoms with Gasteiger partial charge in [0.1, 0.15) is 24.2 Å². The summed E-state index contributed by atoms with van der Waals surface area (Å²) >= 11 is 0. The maximum absolute atomic E-state index is 13.8. The smallest absolute Gasteiger partial charge is 0.409 e. The van der Waals surface area contributed by atoms with E-state index in [9.17, 15) is 28.0 Å². The van der Waals surface area contributed by atoms with Gasteiger partial charge >= 0.3 is 12.1 Å². The number of aromatic nitrogens is 1. The summed E-state index contributed by atoms with van der Waals surface area (Å²) in [6.45, 7) is -0.347. The van der Waals surface area contributed by atoms with Crippen molar-refractivity contribution in [3.05, 3.63) is 71.4 Å². The van der Waals surface area contributed by atoms with Gasteiger partial charge < -0.3 is 9.67 Å². The third-order valence-corrected chi connectivity index (χ3v) is 5.62. The van der Waals surface area contributed by atoms with Gasteiger partial charge in [-0.3, -0.25) is 14.5 Å². The molecule has 2 heterocycles. The van der Waals surface area contributed by atoms with Gasteiger partial charge in [-0.05, 0) is 36.6 Å². The Balaban J connectivity index is 1.82. The van der Waals surface area contributed by atoms with Crippen LogP contribution in [0.25, 0.3) is 17.0 Å². The number of halogens is 3. The average molecular weight is 453 g/mol. The molecule has 0 saturated heterocycles. The average Bonchev–Trinajstić information content (AvgIpc) is 3.12. The van der Waals surface area contributed by atoms with Gasteiger partial charge in [0.25, 0.3) is 5.91 Å². The second-order valence-electron chi connectivity index (χ2n) is 7.69. The lowest BCUT2D eigenvalue weighted by atomic mass is 9.94. The maximum Gasteiger partial charge on any atom is 0.409 e. The number of carboxylic acids is 1. The Morgan fingerprint density at radius 1 is 1.15 bits per heavy atom. The molecule has 6 nitrogen and oxygen atoms in total. The Hall–Kier alpha value is -4.06. The molecule has 1 aromatic heterocycles. The summed E-state index contributed by atoms with van der Waals surface area (Å²) in [6.07, 6.45) is -2.12. The molecule has 9 heteroatoms.